The Balaban J connectivity index is 1.52. The van der Waals surface area contributed by atoms with Gasteiger partial charge in [-0.25, -0.2) is 9.78 Å². The number of nitrogens with one attached hydrogen (secondary N) is 2. The van der Waals surface area contributed by atoms with Gasteiger partial charge in [0, 0.05) is 43.4 Å². The molecular formula is C18H27N5O2. The number of rotatable bonds is 6. The highest BCUT2D eigenvalue weighted by molar-refractivity contribution is 5.74. The van der Waals surface area contributed by atoms with Crippen LogP contribution in [0.25, 0.3) is 0 Å². The molecule has 1 fully saturated rings. The number of hydrogen-bond acceptors (Lipinski definition) is 4. The maximum absolute atomic E-state index is 12.5. The molecule has 3 heterocycles. The molecule has 3 rings (SSSR count). The van der Waals surface area contributed by atoms with Crippen molar-refractivity contribution in [2.45, 2.75) is 57.9 Å². The number of likely N-dealkylation sites (tertiary alicyclic amines) is 1. The van der Waals surface area contributed by atoms with Crippen LogP contribution in [-0.2, 0) is 6.54 Å². The fourth-order valence-electron chi connectivity index (χ4n) is 3.47. The van der Waals surface area contributed by atoms with Crippen molar-refractivity contribution >= 4 is 6.03 Å². The maximum atomic E-state index is 12.5. The SMILES string of the molecule is CCC(CC)c1cc(CNC(=O)N2CCC[C@@H](c3ncc[nH]3)C2)on1. The van der Waals surface area contributed by atoms with Gasteiger partial charge in [-0.15, -0.1) is 0 Å². The Hall–Kier alpha value is -2.31. The number of imidazole rings is 1. The second-order valence-corrected chi connectivity index (χ2v) is 6.65. The van der Waals surface area contributed by atoms with Crippen molar-refractivity contribution < 1.29 is 9.32 Å². The quantitative estimate of drug-likeness (QED) is 0.840. The molecule has 0 unspecified atom stereocenters. The molecule has 0 aromatic carbocycles. The minimum atomic E-state index is -0.0586. The topological polar surface area (TPSA) is 87.0 Å². The van der Waals surface area contributed by atoms with Crippen LogP contribution in [0, 0.1) is 0 Å². The van der Waals surface area contributed by atoms with Crippen molar-refractivity contribution in [3.05, 3.63) is 35.7 Å². The number of nitrogens with zero attached hydrogens (tertiary/aromatic N) is 3. The van der Waals surface area contributed by atoms with Gasteiger partial charge >= 0.3 is 6.03 Å². The number of piperidine rings is 1. The first-order valence-corrected chi connectivity index (χ1v) is 9.18. The van der Waals surface area contributed by atoms with E-state index in [0.717, 1.165) is 43.7 Å². The molecule has 2 amide bonds. The van der Waals surface area contributed by atoms with Crippen LogP contribution in [0.3, 0.4) is 0 Å². The van der Waals surface area contributed by atoms with E-state index in [9.17, 15) is 4.79 Å². The highest BCUT2D eigenvalue weighted by Gasteiger charge is 2.26. The van der Waals surface area contributed by atoms with Crippen LogP contribution in [-0.4, -0.2) is 39.1 Å². The molecule has 0 radical (unpaired) electrons. The van der Waals surface area contributed by atoms with Crippen LogP contribution < -0.4 is 5.32 Å². The minimum Gasteiger partial charge on any atom is -0.359 e. The van der Waals surface area contributed by atoms with E-state index in [1.165, 1.54) is 0 Å². The zero-order valence-corrected chi connectivity index (χ0v) is 15.0. The molecule has 7 nitrogen and oxygen atoms in total. The molecule has 2 aromatic rings. The van der Waals surface area contributed by atoms with Gasteiger partial charge in [-0.05, 0) is 25.7 Å². The lowest BCUT2D eigenvalue weighted by atomic mass is 9.98. The Labute approximate surface area is 148 Å². The van der Waals surface area contributed by atoms with E-state index in [1.54, 1.807) is 6.20 Å². The molecule has 7 heteroatoms. The molecule has 2 N–H and O–H groups in total. The molecule has 2 aromatic heterocycles. The summed E-state index contributed by atoms with van der Waals surface area (Å²) in [4.78, 5) is 21.8. The van der Waals surface area contributed by atoms with Gasteiger partial charge in [-0.3, -0.25) is 0 Å². The number of urea groups is 1. The lowest BCUT2D eigenvalue weighted by Gasteiger charge is -2.31. The van der Waals surface area contributed by atoms with E-state index in [2.05, 4.69) is 34.3 Å². The summed E-state index contributed by atoms with van der Waals surface area (Å²) in [6, 6.07) is 1.90. The van der Waals surface area contributed by atoms with Crippen molar-refractivity contribution in [1.82, 2.24) is 25.3 Å². The molecule has 1 saturated heterocycles. The third-order valence-electron chi connectivity index (χ3n) is 5.01. The lowest BCUT2D eigenvalue weighted by molar-refractivity contribution is 0.177. The van der Waals surface area contributed by atoms with Crippen LogP contribution in [0.2, 0.25) is 0 Å². The number of aromatic nitrogens is 3. The lowest BCUT2D eigenvalue weighted by Crippen LogP contribution is -2.44. The fraction of sp³-hybridized carbons (Fsp3) is 0.611. The second kappa shape index (κ2) is 8.18. The Morgan fingerprint density at radius 1 is 1.48 bits per heavy atom. The molecule has 0 saturated carbocycles. The predicted molar refractivity (Wildman–Crippen MR) is 94.2 cm³/mol. The van der Waals surface area contributed by atoms with Crippen LogP contribution in [0.4, 0.5) is 4.79 Å². The first kappa shape index (κ1) is 17.5. The van der Waals surface area contributed by atoms with Crippen molar-refractivity contribution in [3.63, 3.8) is 0 Å². The number of H-pyrrole nitrogens is 1. The van der Waals surface area contributed by atoms with Gasteiger partial charge in [0.25, 0.3) is 0 Å². The third kappa shape index (κ3) is 4.21. The van der Waals surface area contributed by atoms with Crippen LogP contribution in [0.15, 0.2) is 23.0 Å². The van der Waals surface area contributed by atoms with Crippen molar-refractivity contribution in [3.8, 4) is 0 Å². The monoisotopic (exact) mass is 345 g/mol. The highest BCUT2D eigenvalue weighted by Crippen LogP contribution is 2.24. The number of carbonyl (C=O) groups is 1. The van der Waals surface area contributed by atoms with E-state index >= 15 is 0 Å². The first-order valence-electron chi connectivity index (χ1n) is 9.18. The molecule has 1 aliphatic heterocycles. The smallest absolute Gasteiger partial charge is 0.317 e. The van der Waals surface area contributed by atoms with Crippen LogP contribution >= 0.6 is 0 Å². The molecule has 0 aliphatic carbocycles. The Bertz CT molecular complexity index is 663. The first-order chi connectivity index (χ1) is 12.2. The second-order valence-electron chi connectivity index (χ2n) is 6.65. The van der Waals surface area contributed by atoms with Gasteiger partial charge in [-0.2, -0.15) is 0 Å². The average molecular weight is 345 g/mol. The summed E-state index contributed by atoms with van der Waals surface area (Å²) in [7, 11) is 0. The summed E-state index contributed by atoms with van der Waals surface area (Å²) in [6.07, 6.45) is 7.71. The van der Waals surface area contributed by atoms with Gasteiger partial charge in [0.1, 0.15) is 5.82 Å². The molecule has 136 valence electrons. The number of amides is 2. The molecule has 0 spiro atoms. The normalized spacial score (nSPS) is 17.9. The van der Waals surface area contributed by atoms with E-state index in [-0.39, 0.29) is 11.9 Å². The van der Waals surface area contributed by atoms with Gasteiger partial charge in [0.2, 0.25) is 0 Å². The van der Waals surface area contributed by atoms with Gasteiger partial charge in [0.15, 0.2) is 5.76 Å². The minimum absolute atomic E-state index is 0.0586. The Morgan fingerprint density at radius 2 is 2.32 bits per heavy atom. The average Bonchev–Trinajstić information content (AvgIpc) is 3.33. The summed E-state index contributed by atoms with van der Waals surface area (Å²) in [5.41, 5.74) is 0.977. The van der Waals surface area contributed by atoms with Gasteiger partial charge in [-0.1, -0.05) is 19.0 Å². The highest BCUT2D eigenvalue weighted by atomic mass is 16.5. The number of hydrogen-bond donors (Lipinski definition) is 2. The van der Waals surface area contributed by atoms with Crippen LogP contribution in [0.5, 0.6) is 0 Å². The van der Waals surface area contributed by atoms with Crippen molar-refractivity contribution in [2.75, 3.05) is 13.1 Å². The zero-order valence-electron chi connectivity index (χ0n) is 15.0. The molecule has 1 atom stereocenters. The van der Waals surface area contributed by atoms with E-state index in [4.69, 9.17) is 4.52 Å². The Kier molecular flexibility index (Phi) is 5.73. The third-order valence-corrected chi connectivity index (χ3v) is 5.01. The van der Waals surface area contributed by atoms with E-state index < -0.39 is 0 Å². The summed E-state index contributed by atoms with van der Waals surface area (Å²) in [5.74, 6) is 2.36. The largest absolute Gasteiger partial charge is 0.359 e. The van der Waals surface area contributed by atoms with E-state index in [1.807, 2.05) is 17.2 Å². The standard InChI is InChI=1S/C18H27N5O2/c1-3-13(4-2)16-10-15(25-22-16)11-21-18(24)23-9-5-6-14(12-23)17-19-7-8-20-17/h7-8,10,13-14H,3-6,9,11-12H2,1-2H3,(H,19,20)(H,21,24)/t14-/m1/s1. The Morgan fingerprint density at radius 3 is 3.04 bits per heavy atom. The molecule has 0 bridgehead atoms. The number of carbonyl (C=O) groups excluding carboxylic acids is 1. The summed E-state index contributed by atoms with van der Waals surface area (Å²) in [6.45, 7) is 6.13. The molecule has 1 aliphatic rings. The van der Waals surface area contributed by atoms with Gasteiger partial charge in [0.05, 0.1) is 12.2 Å². The fourth-order valence-corrected chi connectivity index (χ4v) is 3.47. The van der Waals surface area contributed by atoms with Crippen molar-refractivity contribution in [2.24, 2.45) is 0 Å². The van der Waals surface area contributed by atoms with Crippen LogP contribution in [0.1, 0.15) is 68.6 Å². The number of aromatic amines is 1. The summed E-state index contributed by atoms with van der Waals surface area (Å²) >= 11 is 0. The molecule has 25 heavy (non-hydrogen) atoms. The summed E-state index contributed by atoms with van der Waals surface area (Å²) in [5, 5.41) is 7.09. The predicted octanol–water partition coefficient (Wildman–Crippen LogP) is 3.39. The maximum Gasteiger partial charge on any atom is 0.317 e. The molecular weight excluding hydrogens is 318 g/mol. The van der Waals surface area contributed by atoms with E-state index in [0.29, 0.717) is 24.8 Å². The summed E-state index contributed by atoms with van der Waals surface area (Å²) < 4.78 is 5.37. The van der Waals surface area contributed by atoms with Gasteiger partial charge < -0.3 is 19.7 Å². The zero-order chi connectivity index (χ0) is 17.6. The van der Waals surface area contributed by atoms with Crippen molar-refractivity contribution in [1.29, 1.82) is 0 Å².